The van der Waals surface area contributed by atoms with E-state index in [1.54, 1.807) is 25.3 Å². The highest BCUT2D eigenvalue weighted by molar-refractivity contribution is 5.98. The molecule has 1 amide bonds. The topological polar surface area (TPSA) is 67.6 Å². The van der Waals surface area contributed by atoms with E-state index < -0.39 is 0 Å². The van der Waals surface area contributed by atoms with Crippen LogP contribution in [0.2, 0.25) is 0 Å². The van der Waals surface area contributed by atoms with Gasteiger partial charge in [-0.25, -0.2) is 0 Å². The molecule has 110 valence electrons. The van der Waals surface area contributed by atoms with E-state index in [0.717, 1.165) is 32.5 Å². The van der Waals surface area contributed by atoms with Gasteiger partial charge in [0, 0.05) is 24.8 Å². The number of amides is 1. The third kappa shape index (κ3) is 3.42. The maximum atomic E-state index is 12.3. The molecule has 0 aromatic heterocycles. The Morgan fingerprint density at radius 1 is 1.45 bits per heavy atom. The molecular weight excluding hydrogens is 254 g/mol. The Kier molecular flexibility index (Phi) is 4.84. The van der Waals surface area contributed by atoms with Crippen LogP contribution in [0, 0.1) is 0 Å². The standard InChI is InChI=1S/C15H23N3O2/c1-3-18-8-6-12(7-9-18)17-15(19)13-10-11(16)4-5-14(13)20-2/h4-5,10,12H,3,6-9,16H2,1-2H3,(H,17,19). The summed E-state index contributed by atoms with van der Waals surface area (Å²) in [6.45, 7) is 5.31. The van der Waals surface area contributed by atoms with E-state index in [2.05, 4.69) is 17.1 Å². The van der Waals surface area contributed by atoms with Crippen LogP contribution in [-0.2, 0) is 0 Å². The van der Waals surface area contributed by atoms with E-state index in [4.69, 9.17) is 10.5 Å². The summed E-state index contributed by atoms with van der Waals surface area (Å²) in [4.78, 5) is 14.7. The Morgan fingerprint density at radius 3 is 2.75 bits per heavy atom. The van der Waals surface area contributed by atoms with Gasteiger partial charge in [-0.1, -0.05) is 6.92 Å². The van der Waals surface area contributed by atoms with Gasteiger partial charge in [-0.2, -0.15) is 0 Å². The fourth-order valence-corrected chi connectivity index (χ4v) is 2.56. The minimum absolute atomic E-state index is 0.107. The molecule has 1 aromatic carbocycles. The molecule has 3 N–H and O–H groups in total. The molecule has 1 heterocycles. The zero-order valence-electron chi connectivity index (χ0n) is 12.2. The number of nitrogens with one attached hydrogen (secondary N) is 1. The second-order valence-corrected chi connectivity index (χ2v) is 5.14. The summed E-state index contributed by atoms with van der Waals surface area (Å²) < 4.78 is 5.22. The number of methoxy groups -OCH3 is 1. The van der Waals surface area contributed by atoms with Crippen molar-refractivity contribution < 1.29 is 9.53 Å². The van der Waals surface area contributed by atoms with Crippen LogP contribution in [0.4, 0.5) is 5.69 Å². The van der Waals surface area contributed by atoms with Crippen molar-refractivity contribution in [1.29, 1.82) is 0 Å². The quantitative estimate of drug-likeness (QED) is 0.818. The Labute approximate surface area is 120 Å². The summed E-state index contributed by atoms with van der Waals surface area (Å²) in [5.74, 6) is 0.451. The van der Waals surface area contributed by atoms with Crippen molar-refractivity contribution >= 4 is 11.6 Å². The van der Waals surface area contributed by atoms with Crippen molar-refractivity contribution in [3.63, 3.8) is 0 Å². The summed E-state index contributed by atoms with van der Waals surface area (Å²) in [6.07, 6.45) is 1.98. The fraction of sp³-hybridized carbons (Fsp3) is 0.533. The number of nitrogens with two attached hydrogens (primary N) is 1. The number of rotatable bonds is 4. The number of piperidine rings is 1. The van der Waals surface area contributed by atoms with E-state index in [1.165, 1.54) is 0 Å². The lowest BCUT2D eigenvalue weighted by Gasteiger charge is -2.31. The monoisotopic (exact) mass is 277 g/mol. The minimum atomic E-state index is -0.107. The number of carbonyl (C=O) groups excluding carboxylic acids is 1. The van der Waals surface area contributed by atoms with Crippen LogP contribution < -0.4 is 15.8 Å². The molecule has 0 unspecified atom stereocenters. The fourth-order valence-electron chi connectivity index (χ4n) is 2.56. The average Bonchev–Trinajstić information content (AvgIpc) is 2.48. The van der Waals surface area contributed by atoms with E-state index >= 15 is 0 Å². The molecule has 1 aromatic rings. The summed E-state index contributed by atoms with van der Waals surface area (Å²) in [7, 11) is 1.56. The number of benzene rings is 1. The highest BCUT2D eigenvalue weighted by Crippen LogP contribution is 2.21. The molecule has 0 spiro atoms. The van der Waals surface area contributed by atoms with E-state index in [9.17, 15) is 4.79 Å². The summed E-state index contributed by atoms with van der Waals surface area (Å²) >= 11 is 0. The minimum Gasteiger partial charge on any atom is -0.496 e. The smallest absolute Gasteiger partial charge is 0.255 e. The number of likely N-dealkylation sites (tertiary alicyclic amines) is 1. The van der Waals surface area contributed by atoms with Gasteiger partial charge in [-0.15, -0.1) is 0 Å². The first-order valence-electron chi connectivity index (χ1n) is 7.10. The molecule has 1 aliphatic heterocycles. The number of hydrogen-bond acceptors (Lipinski definition) is 4. The largest absolute Gasteiger partial charge is 0.496 e. The van der Waals surface area contributed by atoms with Crippen molar-refractivity contribution in [2.75, 3.05) is 32.5 Å². The third-order valence-corrected chi connectivity index (χ3v) is 3.84. The molecule has 20 heavy (non-hydrogen) atoms. The van der Waals surface area contributed by atoms with Gasteiger partial charge in [0.1, 0.15) is 5.75 Å². The summed E-state index contributed by atoms with van der Waals surface area (Å²) in [5.41, 5.74) is 6.82. The van der Waals surface area contributed by atoms with Crippen molar-refractivity contribution in [1.82, 2.24) is 10.2 Å². The van der Waals surface area contributed by atoms with Crippen LogP contribution in [0.5, 0.6) is 5.75 Å². The normalized spacial score (nSPS) is 16.9. The molecule has 0 radical (unpaired) electrons. The highest BCUT2D eigenvalue weighted by atomic mass is 16.5. The average molecular weight is 277 g/mol. The SMILES string of the molecule is CCN1CCC(NC(=O)c2cc(N)ccc2OC)CC1. The number of nitrogens with zero attached hydrogens (tertiary/aromatic N) is 1. The van der Waals surface area contributed by atoms with Crippen LogP contribution in [-0.4, -0.2) is 43.6 Å². The first-order chi connectivity index (χ1) is 9.63. The van der Waals surface area contributed by atoms with Crippen LogP contribution in [0.25, 0.3) is 0 Å². The first kappa shape index (κ1) is 14.7. The van der Waals surface area contributed by atoms with Gasteiger partial charge in [0.05, 0.1) is 12.7 Å². The zero-order chi connectivity index (χ0) is 14.5. The number of nitrogen functional groups attached to an aromatic ring is 1. The van der Waals surface area contributed by atoms with E-state index in [1.807, 2.05) is 0 Å². The molecule has 5 nitrogen and oxygen atoms in total. The first-order valence-corrected chi connectivity index (χ1v) is 7.10. The van der Waals surface area contributed by atoms with Gasteiger partial charge in [-0.05, 0) is 37.6 Å². The van der Waals surface area contributed by atoms with Crippen molar-refractivity contribution in [3.8, 4) is 5.75 Å². The molecule has 0 bridgehead atoms. The number of hydrogen-bond donors (Lipinski definition) is 2. The van der Waals surface area contributed by atoms with Gasteiger partial charge < -0.3 is 20.7 Å². The Morgan fingerprint density at radius 2 is 2.15 bits per heavy atom. The lowest BCUT2D eigenvalue weighted by molar-refractivity contribution is 0.0909. The number of carbonyl (C=O) groups is 1. The maximum absolute atomic E-state index is 12.3. The molecular formula is C15H23N3O2. The summed E-state index contributed by atoms with van der Waals surface area (Å²) in [6, 6.07) is 5.35. The molecule has 1 aliphatic rings. The van der Waals surface area contributed by atoms with Crippen LogP contribution >= 0.6 is 0 Å². The Bertz CT molecular complexity index is 468. The van der Waals surface area contributed by atoms with Gasteiger partial charge >= 0.3 is 0 Å². The predicted molar refractivity (Wildman–Crippen MR) is 80.0 cm³/mol. The number of ether oxygens (including phenoxy) is 1. The van der Waals surface area contributed by atoms with E-state index in [-0.39, 0.29) is 11.9 Å². The second-order valence-electron chi connectivity index (χ2n) is 5.14. The molecule has 5 heteroatoms. The molecule has 0 atom stereocenters. The molecule has 0 saturated carbocycles. The third-order valence-electron chi connectivity index (χ3n) is 3.84. The van der Waals surface area contributed by atoms with Gasteiger partial charge in [0.15, 0.2) is 0 Å². The number of anilines is 1. The van der Waals surface area contributed by atoms with E-state index in [0.29, 0.717) is 17.0 Å². The highest BCUT2D eigenvalue weighted by Gasteiger charge is 2.21. The van der Waals surface area contributed by atoms with Gasteiger partial charge in [-0.3, -0.25) is 4.79 Å². The van der Waals surface area contributed by atoms with Crippen molar-refractivity contribution in [2.45, 2.75) is 25.8 Å². The molecule has 1 fully saturated rings. The van der Waals surface area contributed by atoms with Gasteiger partial charge in [0.2, 0.25) is 0 Å². The lowest BCUT2D eigenvalue weighted by atomic mass is 10.0. The molecule has 0 aliphatic carbocycles. The predicted octanol–water partition coefficient (Wildman–Crippen LogP) is 1.49. The van der Waals surface area contributed by atoms with Crippen molar-refractivity contribution in [2.24, 2.45) is 0 Å². The molecule has 2 rings (SSSR count). The zero-order valence-corrected chi connectivity index (χ0v) is 12.2. The maximum Gasteiger partial charge on any atom is 0.255 e. The Balaban J connectivity index is 2.00. The lowest BCUT2D eigenvalue weighted by Crippen LogP contribution is -2.44. The Hall–Kier alpha value is -1.75. The molecule has 1 saturated heterocycles. The van der Waals surface area contributed by atoms with Crippen LogP contribution in [0.1, 0.15) is 30.1 Å². The van der Waals surface area contributed by atoms with Crippen molar-refractivity contribution in [3.05, 3.63) is 23.8 Å². The van der Waals surface area contributed by atoms with Crippen LogP contribution in [0.15, 0.2) is 18.2 Å². The second kappa shape index (κ2) is 6.61. The van der Waals surface area contributed by atoms with Crippen LogP contribution in [0.3, 0.4) is 0 Å². The summed E-state index contributed by atoms with van der Waals surface area (Å²) in [5, 5.41) is 3.08. The van der Waals surface area contributed by atoms with Gasteiger partial charge in [0.25, 0.3) is 5.91 Å².